The molecule has 1 aromatic carbocycles. The summed E-state index contributed by atoms with van der Waals surface area (Å²) in [4.78, 5) is 13.0. The lowest BCUT2D eigenvalue weighted by Gasteiger charge is -2.24. The maximum absolute atomic E-state index is 13.5. The molecule has 0 atom stereocenters. The molecule has 0 saturated heterocycles. The molecule has 6 heteroatoms. The van der Waals surface area contributed by atoms with Gasteiger partial charge in [0.15, 0.2) is 6.29 Å². The smallest absolute Gasteiger partial charge is 0.418 e. The van der Waals surface area contributed by atoms with Gasteiger partial charge in [0.2, 0.25) is 0 Å². The van der Waals surface area contributed by atoms with Crippen molar-refractivity contribution < 1.29 is 22.7 Å². The number of hydrogen-bond donors (Lipinski definition) is 0. The van der Waals surface area contributed by atoms with Crippen LogP contribution in [0.25, 0.3) is 5.57 Å². The first-order valence-electron chi connectivity index (χ1n) is 8.04. The summed E-state index contributed by atoms with van der Waals surface area (Å²) in [6.07, 6.45) is -1.45. The SMILES string of the molecule is C/C(C(=CN(C)C)C(F)(F)F)=C(/C=O)c1ccc(C)c2c1OCCC2. The summed E-state index contributed by atoms with van der Waals surface area (Å²) in [5, 5.41) is 0. The van der Waals surface area contributed by atoms with Gasteiger partial charge in [0.05, 0.1) is 12.2 Å². The van der Waals surface area contributed by atoms with E-state index < -0.39 is 11.7 Å². The maximum atomic E-state index is 13.5. The molecule has 0 aromatic heterocycles. The molecule has 1 heterocycles. The zero-order valence-electron chi connectivity index (χ0n) is 14.8. The summed E-state index contributed by atoms with van der Waals surface area (Å²) in [5.74, 6) is 0.527. The fourth-order valence-corrected chi connectivity index (χ4v) is 2.98. The molecule has 3 nitrogen and oxygen atoms in total. The molecule has 0 spiro atoms. The van der Waals surface area contributed by atoms with E-state index in [1.54, 1.807) is 6.07 Å². The first-order chi connectivity index (χ1) is 11.7. The second-order valence-corrected chi connectivity index (χ2v) is 6.35. The number of allylic oxidation sites excluding steroid dienone is 3. The van der Waals surface area contributed by atoms with Crippen molar-refractivity contribution in [2.45, 2.75) is 32.9 Å². The van der Waals surface area contributed by atoms with E-state index in [-0.39, 0.29) is 11.1 Å². The number of alkyl halides is 3. The number of aryl methyl sites for hydroxylation is 1. The Balaban J connectivity index is 2.70. The van der Waals surface area contributed by atoms with Crippen molar-refractivity contribution in [3.63, 3.8) is 0 Å². The fourth-order valence-electron chi connectivity index (χ4n) is 2.98. The molecule has 0 saturated carbocycles. The molecule has 1 aromatic rings. The quantitative estimate of drug-likeness (QED) is 0.459. The van der Waals surface area contributed by atoms with Gasteiger partial charge >= 0.3 is 6.18 Å². The van der Waals surface area contributed by atoms with Gasteiger partial charge in [-0.1, -0.05) is 12.1 Å². The zero-order valence-corrected chi connectivity index (χ0v) is 14.8. The Bertz CT molecular complexity index is 731. The van der Waals surface area contributed by atoms with E-state index in [0.29, 0.717) is 24.2 Å². The van der Waals surface area contributed by atoms with Gasteiger partial charge in [-0.15, -0.1) is 0 Å². The van der Waals surface area contributed by atoms with E-state index in [1.807, 2.05) is 13.0 Å². The normalized spacial score (nSPS) is 15.9. The van der Waals surface area contributed by atoms with Crippen molar-refractivity contribution in [3.8, 4) is 5.75 Å². The first-order valence-corrected chi connectivity index (χ1v) is 8.04. The van der Waals surface area contributed by atoms with Crippen LogP contribution in [0, 0.1) is 6.92 Å². The second-order valence-electron chi connectivity index (χ2n) is 6.35. The van der Waals surface area contributed by atoms with E-state index in [4.69, 9.17) is 4.74 Å². The Labute approximate surface area is 145 Å². The van der Waals surface area contributed by atoms with Gasteiger partial charge in [-0.3, -0.25) is 4.79 Å². The third-order valence-corrected chi connectivity index (χ3v) is 4.22. The third-order valence-electron chi connectivity index (χ3n) is 4.22. The number of ether oxygens (including phenoxy) is 1. The average Bonchev–Trinajstić information content (AvgIpc) is 2.54. The first kappa shape index (κ1) is 19.1. The van der Waals surface area contributed by atoms with Crippen LogP contribution in [0.15, 0.2) is 29.5 Å². The van der Waals surface area contributed by atoms with Crippen LogP contribution in [0.5, 0.6) is 5.75 Å². The van der Waals surface area contributed by atoms with Gasteiger partial charge < -0.3 is 9.64 Å². The minimum Gasteiger partial charge on any atom is -0.493 e. The average molecular weight is 353 g/mol. The molecular formula is C19H22F3NO2. The lowest BCUT2D eigenvalue weighted by atomic mass is 9.90. The van der Waals surface area contributed by atoms with Crippen molar-refractivity contribution in [2.75, 3.05) is 20.7 Å². The molecule has 0 N–H and O–H groups in total. The predicted molar refractivity (Wildman–Crippen MR) is 91.5 cm³/mol. The molecule has 1 aliphatic heterocycles. The highest BCUT2D eigenvalue weighted by Crippen LogP contribution is 2.40. The second kappa shape index (κ2) is 7.33. The summed E-state index contributed by atoms with van der Waals surface area (Å²) in [5.41, 5.74) is 1.44. The molecule has 0 radical (unpaired) electrons. The van der Waals surface area contributed by atoms with E-state index in [0.717, 1.165) is 30.2 Å². The van der Waals surface area contributed by atoms with Crippen LogP contribution in [0.4, 0.5) is 13.2 Å². The van der Waals surface area contributed by atoms with Crippen LogP contribution >= 0.6 is 0 Å². The number of benzene rings is 1. The predicted octanol–water partition coefficient (Wildman–Crippen LogP) is 4.30. The van der Waals surface area contributed by atoms with Gasteiger partial charge in [-0.2, -0.15) is 13.2 Å². The number of carbonyl (C=O) groups excluding carboxylic acids is 1. The Morgan fingerprint density at radius 2 is 1.96 bits per heavy atom. The van der Waals surface area contributed by atoms with E-state index in [9.17, 15) is 18.0 Å². The van der Waals surface area contributed by atoms with Gasteiger partial charge in [0.1, 0.15) is 5.75 Å². The van der Waals surface area contributed by atoms with Crippen molar-refractivity contribution in [3.05, 3.63) is 46.2 Å². The zero-order chi connectivity index (χ0) is 18.8. The Kier molecular flexibility index (Phi) is 5.60. The number of hydrogen-bond acceptors (Lipinski definition) is 3. The van der Waals surface area contributed by atoms with Crippen molar-refractivity contribution in [1.29, 1.82) is 0 Å². The van der Waals surface area contributed by atoms with Gasteiger partial charge in [-0.25, -0.2) is 0 Å². The number of halogens is 3. The van der Waals surface area contributed by atoms with Gasteiger partial charge in [-0.05, 0) is 43.4 Å². The highest BCUT2D eigenvalue weighted by molar-refractivity contribution is 6.10. The summed E-state index contributed by atoms with van der Waals surface area (Å²) < 4.78 is 46.1. The Hall–Kier alpha value is -2.24. The highest BCUT2D eigenvalue weighted by Gasteiger charge is 2.36. The maximum Gasteiger partial charge on any atom is 0.418 e. The number of rotatable bonds is 4. The van der Waals surface area contributed by atoms with Crippen LogP contribution in [-0.4, -0.2) is 38.1 Å². The molecule has 2 rings (SSSR count). The summed E-state index contributed by atoms with van der Waals surface area (Å²) >= 11 is 0. The molecule has 0 bridgehead atoms. The molecule has 0 fully saturated rings. The van der Waals surface area contributed by atoms with E-state index in [1.165, 1.54) is 25.9 Å². The summed E-state index contributed by atoms with van der Waals surface area (Å²) in [7, 11) is 3.02. The van der Waals surface area contributed by atoms with E-state index in [2.05, 4.69) is 0 Å². The number of nitrogens with zero attached hydrogens (tertiary/aromatic N) is 1. The van der Waals surface area contributed by atoms with Gasteiger partial charge in [0.25, 0.3) is 0 Å². The van der Waals surface area contributed by atoms with Crippen molar-refractivity contribution >= 4 is 11.9 Å². The molecule has 0 unspecified atom stereocenters. The standard InChI is InChI=1S/C19H22F3NO2/c1-12-7-8-15(18-14(12)6-5-9-25-18)16(11-24)13(2)17(10-23(3)4)19(20,21)22/h7-8,10-11H,5-6,9H2,1-4H3/b16-13+,17-10?. The van der Waals surface area contributed by atoms with E-state index >= 15 is 0 Å². The number of aldehydes is 1. The monoisotopic (exact) mass is 353 g/mol. The molecule has 1 aliphatic rings. The lowest BCUT2D eigenvalue weighted by Crippen LogP contribution is -2.18. The minimum absolute atomic E-state index is 0.00331. The van der Waals surface area contributed by atoms with Crippen LogP contribution in [0.2, 0.25) is 0 Å². The van der Waals surface area contributed by atoms with Gasteiger partial charge in [0, 0.05) is 31.4 Å². The van der Waals surface area contributed by atoms with Crippen molar-refractivity contribution in [1.82, 2.24) is 4.90 Å². The highest BCUT2D eigenvalue weighted by atomic mass is 19.4. The summed E-state index contributed by atoms with van der Waals surface area (Å²) in [6, 6.07) is 3.49. The minimum atomic E-state index is -4.56. The Morgan fingerprint density at radius 1 is 1.28 bits per heavy atom. The third kappa shape index (κ3) is 4.06. The van der Waals surface area contributed by atoms with Crippen LogP contribution < -0.4 is 4.74 Å². The lowest BCUT2D eigenvalue weighted by molar-refractivity contribution is -0.103. The topological polar surface area (TPSA) is 29.5 Å². The molecular weight excluding hydrogens is 331 g/mol. The molecule has 0 amide bonds. The fraction of sp³-hybridized carbons (Fsp3) is 0.421. The number of carbonyl (C=O) groups is 1. The van der Waals surface area contributed by atoms with Crippen LogP contribution in [0.3, 0.4) is 0 Å². The molecule has 25 heavy (non-hydrogen) atoms. The Morgan fingerprint density at radius 3 is 2.52 bits per heavy atom. The molecule has 0 aliphatic carbocycles. The van der Waals surface area contributed by atoms with Crippen LogP contribution in [0.1, 0.15) is 30.0 Å². The van der Waals surface area contributed by atoms with Crippen LogP contribution in [-0.2, 0) is 11.2 Å². The summed E-state index contributed by atoms with van der Waals surface area (Å²) in [6.45, 7) is 3.75. The largest absolute Gasteiger partial charge is 0.493 e. The van der Waals surface area contributed by atoms with Crippen molar-refractivity contribution in [2.24, 2.45) is 0 Å². The number of fused-ring (bicyclic) bond motifs is 1. The molecule has 136 valence electrons.